The number of hydrogen-bond donors (Lipinski definition) is 0. The first kappa shape index (κ1) is 18.2. The molecule has 0 spiro atoms. The van der Waals surface area contributed by atoms with Gasteiger partial charge in [0.1, 0.15) is 0 Å². The second kappa shape index (κ2) is 17.4. The van der Waals surface area contributed by atoms with Crippen LogP contribution < -0.4 is 0 Å². The first-order valence-electron chi connectivity index (χ1n) is 3.78. The molecule has 0 heterocycles. The van der Waals surface area contributed by atoms with Gasteiger partial charge < -0.3 is 0 Å². The zero-order valence-electron chi connectivity index (χ0n) is 6.40. The van der Waals surface area contributed by atoms with Crippen LogP contribution in [-0.2, 0) is 0 Å². The van der Waals surface area contributed by atoms with Crippen molar-refractivity contribution in [1.29, 1.82) is 0 Å². The molecular formula is C10H16Li2. The Bertz CT molecular complexity index is 121. The van der Waals surface area contributed by atoms with E-state index >= 15 is 0 Å². The summed E-state index contributed by atoms with van der Waals surface area (Å²) >= 11 is 0. The van der Waals surface area contributed by atoms with E-state index in [-0.39, 0.29) is 37.7 Å². The van der Waals surface area contributed by atoms with E-state index in [0.717, 1.165) is 25.7 Å². The Hall–Kier alpha value is 0.315. The van der Waals surface area contributed by atoms with Crippen LogP contribution in [0.4, 0.5) is 0 Å². The van der Waals surface area contributed by atoms with Gasteiger partial charge in [-0.05, 0) is 12.8 Å². The Morgan fingerprint density at radius 2 is 1.00 bits per heavy atom. The van der Waals surface area contributed by atoms with Gasteiger partial charge in [-0.2, -0.15) is 0 Å². The summed E-state index contributed by atoms with van der Waals surface area (Å²) in [6.45, 7) is 0. The van der Waals surface area contributed by atoms with E-state index in [1.54, 1.807) is 0 Å². The van der Waals surface area contributed by atoms with E-state index in [2.05, 4.69) is 11.8 Å². The molecule has 0 aliphatic carbocycles. The third kappa shape index (κ3) is 16.7. The minimum atomic E-state index is 0. The number of rotatable bonds is 5. The van der Waals surface area contributed by atoms with Gasteiger partial charge in [-0.3, -0.25) is 0 Å². The fourth-order valence-electron chi connectivity index (χ4n) is 0.808. The van der Waals surface area contributed by atoms with Crippen molar-refractivity contribution in [2.24, 2.45) is 0 Å². The maximum absolute atomic E-state index is 5.09. The molecule has 0 aromatic carbocycles. The molecule has 0 saturated carbocycles. The molecule has 0 nitrogen and oxygen atoms in total. The van der Waals surface area contributed by atoms with Crippen LogP contribution in [0, 0.1) is 24.7 Å². The van der Waals surface area contributed by atoms with Gasteiger partial charge in [0.2, 0.25) is 0 Å². The normalized spacial score (nSPS) is 6.83. The molecular weight excluding hydrogens is 134 g/mol. The zero-order chi connectivity index (χ0) is 7.66. The predicted molar refractivity (Wildman–Crippen MR) is 59.7 cm³/mol. The molecule has 0 radical (unpaired) electrons. The van der Waals surface area contributed by atoms with Crippen molar-refractivity contribution in [3.8, 4) is 24.7 Å². The summed E-state index contributed by atoms with van der Waals surface area (Å²) < 4.78 is 0. The van der Waals surface area contributed by atoms with Crippen LogP contribution in [-0.4, -0.2) is 37.7 Å². The number of hydrogen-bond acceptors (Lipinski definition) is 0. The Kier molecular flexibility index (Phi) is 26.4. The summed E-state index contributed by atoms with van der Waals surface area (Å²) in [4.78, 5) is 0. The van der Waals surface area contributed by atoms with Gasteiger partial charge >= 0.3 is 37.7 Å². The topological polar surface area (TPSA) is 0 Å². The molecule has 0 aromatic rings. The molecule has 0 rings (SSSR count). The minimum absolute atomic E-state index is 0. The summed E-state index contributed by atoms with van der Waals surface area (Å²) in [6, 6.07) is 0. The first-order chi connectivity index (χ1) is 4.91. The van der Waals surface area contributed by atoms with Crippen molar-refractivity contribution < 1.29 is 0 Å². The molecule has 0 atom stereocenters. The third-order valence-corrected chi connectivity index (χ3v) is 1.39. The van der Waals surface area contributed by atoms with E-state index < -0.39 is 0 Å². The van der Waals surface area contributed by atoms with Crippen molar-refractivity contribution in [2.45, 2.75) is 38.5 Å². The molecule has 0 N–H and O–H groups in total. The molecule has 0 aliphatic heterocycles. The molecule has 0 aromatic heterocycles. The average molecular weight is 150 g/mol. The summed E-state index contributed by atoms with van der Waals surface area (Å²) in [5, 5.41) is 0. The van der Waals surface area contributed by atoms with Gasteiger partial charge in [-0.25, -0.2) is 0 Å². The van der Waals surface area contributed by atoms with Gasteiger partial charge in [0, 0.05) is 12.8 Å². The molecule has 0 amide bonds. The molecule has 58 valence electrons. The molecule has 2 heteroatoms. The van der Waals surface area contributed by atoms with E-state index in [4.69, 9.17) is 12.8 Å². The molecule has 0 aliphatic rings. The summed E-state index contributed by atoms with van der Waals surface area (Å²) in [5.74, 6) is 5.24. The van der Waals surface area contributed by atoms with Crippen molar-refractivity contribution >= 4 is 37.7 Å². The van der Waals surface area contributed by atoms with Gasteiger partial charge in [-0.1, -0.05) is 12.8 Å². The van der Waals surface area contributed by atoms with E-state index in [0.29, 0.717) is 0 Å². The quantitative estimate of drug-likeness (QED) is 0.315. The van der Waals surface area contributed by atoms with Crippen LogP contribution >= 0.6 is 0 Å². The molecule has 0 saturated heterocycles. The van der Waals surface area contributed by atoms with Crippen molar-refractivity contribution in [3.63, 3.8) is 0 Å². The number of terminal acetylenes is 2. The van der Waals surface area contributed by atoms with Crippen molar-refractivity contribution in [1.82, 2.24) is 0 Å². The molecule has 0 bridgehead atoms. The van der Waals surface area contributed by atoms with Crippen LogP contribution in [0.25, 0.3) is 0 Å². The summed E-state index contributed by atoms with van der Waals surface area (Å²) in [6.07, 6.45) is 16.8. The van der Waals surface area contributed by atoms with Crippen LogP contribution in [0.2, 0.25) is 0 Å². The fourth-order valence-corrected chi connectivity index (χ4v) is 0.808. The average Bonchev–Trinajstić information content (AvgIpc) is 1.97. The van der Waals surface area contributed by atoms with Gasteiger partial charge in [-0.15, -0.1) is 24.7 Å². The van der Waals surface area contributed by atoms with Gasteiger partial charge in [0.25, 0.3) is 0 Å². The van der Waals surface area contributed by atoms with E-state index in [1.165, 1.54) is 12.8 Å². The van der Waals surface area contributed by atoms with Crippen LogP contribution in [0.15, 0.2) is 0 Å². The summed E-state index contributed by atoms with van der Waals surface area (Å²) in [7, 11) is 0. The summed E-state index contributed by atoms with van der Waals surface area (Å²) in [5.41, 5.74) is 0. The zero-order valence-corrected chi connectivity index (χ0v) is 6.40. The van der Waals surface area contributed by atoms with Gasteiger partial charge in [0.15, 0.2) is 0 Å². The van der Waals surface area contributed by atoms with Crippen LogP contribution in [0.3, 0.4) is 0 Å². The first-order valence-corrected chi connectivity index (χ1v) is 3.78. The van der Waals surface area contributed by atoms with E-state index in [9.17, 15) is 0 Å². The Labute approximate surface area is 101 Å². The molecule has 0 fully saturated rings. The molecule has 0 unspecified atom stereocenters. The van der Waals surface area contributed by atoms with E-state index in [1.807, 2.05) is 0 Å². The standard InChI is InChI=1S/C10H14.2Li.2H/c1-3-5-7-9-10-8-6-4-2;;;;/h1-2H,5-10H2;;;;. The molecule has 12 heavy (non-hydrogen) atoms. The van der Waals surface area contributed by atoms with Gasteiger partial charge in [0.05, 0.1) is 0 Å². The SMILES string of the molecule is C#CCCCCCCC#C.[LiH].[LiH]. The van der Waals surface area contributed by atoms with Crippen LogP contribution in [0.5, 0.6) is 0 Å². The predicted octanol–water partition coefficient (Wildman–Crippen LogP) is 1.30. The monoisotopic (exact) mass is 150 g/mol. The van der Waals surface area contributed by atoms with Crippen LogP contribution in [0.1, 0.15) is 38.5 Å². The third-order valence-electron chi connectivity index (χ3n) is 1.39. The number of unbranched alkanes of at least 4 members (excludes halogenated alkanes) is 5. The second-order valence-corrected chi connectivity index (χ2v) is 2.32. The second-order valence-electron chi connectivity index (χ2n) is 2.32. The Morgan fingerprint density at radius 1 is 0.667 bits per heavy atom. The fraction of sp³-hybridized carbons (Fsp3) is 0.600. The Morgan fingerprint density at radius 3 is 1.25 bits per heavy atom. The maximum atomic E-state index is 5.09. The Balaban J connectivity index is -0.000000405. The van der Waals surface area contributed by atoms with Crippen molar-refractivity contribution in [2.75, 3.05) is 0 Å². The van der Waals surface area contributed by atoms with Crippen molar-refractivity contribution in [3.05, 3.63) is 0 Å².